The van der Waals surface area contributed by atoms with Gasteiger partial charge in [0.2, 0.25) is 0 Å². The maximum Gasteiger partial charge on any atom is 0.263 e. The molecule has 0 radical (unpaired) electrons. The molecule has 5 heteroatoms. The maximum atomic E-state index is 12.5. The molecule has 2 N–H and O–H groups in total. The maximum absolute atomic E-state index is 12.5. The average Bonchev–Trinajstić information content (AvgIpc) is 2.34. The summed E-state index contributed by atoms with van der Waals surface area (Å²) in [7, 11) is 0. The van der Waals surface area contributed by atoms with Crippen molar-refractivity contribution in [3.05, 3.63) is 53.1 Å². The molecule has 2 aromatic rings. The number of ether oxygens (including phenoxy) is 1. The fraction of sp³-hybridized carbons (Fsp3) is 0.0769. The Bertz CT molecular complexity index is 560. The first-order chi connectivity index (χ1) is 8.58. The standard InChI is InChI=1S/C13H10ClF2NO/c14-9-3-1-2-4-11(9)18-12-6-5-8(13(15)16)7-10(12)17/h1-7,13H,17H2. The van der Waals surface area contributed by atoms with Gasteiger partial charge in [-0.25, -0.2) is 8.78 Å². The molecule has 18 heavy (non-hydrogen) atoms. The third kappa shape index (κ3) is 2.71. The number of hydrogen-bond donors (Lipinski definition) is 1. The van der Waals surface area contributed by atoms with Gasteiger partial charge in [-0.1, -0.05) is 23.7 Å². The fourth-order valence-electron chi connectivity index (χ4n) is 1.44. The van der Waals surface area contributed by atoms with Crippen LogP contribution in [0.1, 0.15) is 12.0 Å². The summed E-state index contributed by atoms with van der Waals surface area (Å²) in [5, 5.41) is 0.426. The third-order valence-corrected chi connectivity index (χ3v) is 2.65. The highest BCUT2D eigenvalue weighted by molar-refractivity contribution is 6.32. The molecule has 0 aliphatic rings. The van der Waals surface area contributed by atoms with Crippen LogP contribution in [0.5, 0.6) is 11.5 Å². The smallest absolute Gasteiger partial charge is 0.263 e. The van der Waals surface area contributed by atoms with Crippen LogP contribution in [0.2, 0.25) is 5.02 Å². The molecule has 0 bridgehead atoms. The zero-order valence-corrected chi connectivity index (χ0v) is 9.99. The Morgan fingerprint density at radius 1 is 1.06 bits per heavy atom. The molecule has 0 heterocycles. The van der Waals surface area contributed by atoms with Crippen LogP contribution in [0.15, 0.2) is 42.5 Å². The number of anilines is 1. The van der Waals surface area contributed by atoms with Gasteiger partial charge in [0.1, 0.15) is 11.5 Å². The molecule has 0 atom stereocenters. The van der Waals surface area contributed by atoms with E-state index in [1.54, 1.807) is 24.3 Å². The summed E-state index contributed by atoms with van der Waals surface area (Å²) < 4.78 is 30.4. The van der Waals surface area contributed by atoms with Crippen LogP contribution in [0.4, 0.5) is 14.5 Å². The first kappa shape index (κ1) is 12.6. The highest BCUT2D eigenvalue weighted by Gasteiger charge is 2.11. The second-order valence-corrected chi connectivity index (χ2v) is 4.04. The van der Waals surface area contributed by atoms with Gasteiger partial charge >= 0.3 is 0 Å². The lowest BCUT2D eigenvalue weighted by atomic mass is 10.2. The molecule has 94 valence electrons. The molecule has 2 rings (SSSR count). The van der Waals surface area contributed by atoms with Crippen molar-refractivity contribution in [1.29, 1.82) is 0 Å². The van der Waals surface area contributed by atoms with Crippen molar-refractivity contribution in [2.75, 3.05) is 5.73 Å². The molecule has 0 aliphatic heterocycles. The van der Waals surface area contributed by atoms with Gasteiger partial charge in [-0.05, 0) is 30.3 Å². The molecular weight excluding hydrogens is 260 g/mol. The van der Waals surface area contributed by atoms with Gasteiger partial charge in [0, 0.05) is 5.56 Å². The topological polar surface area (TPSA) is 35.2 Å². The summed E-state index contributed by atoms with van der Waals surface area (Å²) in [6.07, 6.45) is -2.55. The number of nitrogens with two attached hydrogens (primary N) is 1. The van der Waals surface area contributed by atoms with Crippen LogP contribution < -0.4 is 10.5 Å². The second kappa shape index (κ2) is 5.23. The lowest BCUT2D eigenvalue weighted by Crippen LogP contribution is -1.95. The highest BCUT2D eigenvalue weighted by Crippen LogP contribution is 2.34. The molecule has 0 aromatic heterocycles. The minimum absolute atomic E-state index is 0.140. The van der Waals surface area contributed by atoms with Crippen LogP contribution in [-0.2, 0) is 0 Å². The molecule has 0 saturated heterocycles. The normalized spacial score (nSPS) is 10.7. The Morgan fingerprint density at radius 3 is 2.39 bits per heavy atom. The van der Waals surface area contributed by atoms with E-state index in [2.05, 4.69) is 0 Å². The van der Waals surface area contributed by atoms with Crippen molar-refractivity contribution < 1.29 is 13.5 Å². The van der Waals surface area contributed by atoms with E-state index in [0.29, 0.717) is 16.5 Å². The number of alkyl halides is 2. The van der Waals surface area contributed by atoms with Crippen molar-refractivity contribution in [2.24, 2.45) is 0 Å². The van der Waals surface area contributed by atoms with E-state index < -0.39 is 6.43 Å². The number of para-hydroxylation sites is 1. The first-order valence-corrected chi connectivity index (χ1v) is 5.55. The zero-order chi connectivity index (χ0) is 13.1. The molecule has 0 unspecified atom stereocenters. The summed E-state index contributed by atoms with van der Waals surface area (Å²) in [6.45, 7) is 0. The van der Waals surface area contributed by atoms with E-state index >= 15 is 0 Å². The highest BCUT2D eigenvalue weighted by atomic mass is 35.5. The zero-order valence-electron chi connectivity index (χ0n) is 9.24. The monoisotopic (exact) mass is 269 g/mol. The van der Waals surface area contributed by atoms with Crippen LogP contribution >= 0.6 is 11.6 Å². The van der Waals surface area contributed by atoms with Gasteiger partial charge in [-0.3, -0.25) is 0 Å². The van der Waals surface area contributed by atoms with Crippen LogP contribution in [0, 0.1) is 0 Å². The number of rotatable bonds is 3. The van der Waals surface area contributed by atoms with Gasteiger partial charge in [-0.15, -0.1) is 0 Å². The SMILES string of the molecule is Nc1cc(C(F)F)ccc1Oc1ccccc1Cl. The van der Waals surface area contributed by atoms with Gasteiger partial charge in [0.25, 0.3) is 6.43 Å². The second-order valence-electron chi connectivity index (χ2n) is 3.63. The molecule has 0 fully saturated rings. The molecule has 2 nitrogen and oxygen atoms in total. The van der Waals surface area contributed by atoms with Crippen LogP contribution in [-0.4, -0.2) is 0 Å². The van der Waals surface area contributed by atoms with E-state index in [9.17, 15) is 8.78 Å². The van der Waals surface area contributed by atoms with Crippen LogP contribution in [0.25, 0.3) is 0 Å². The van der Waals surface area contributed by atoms with E-state index in [0.717, 1.165) is 0 Å². The number of nitrogen functional groups attached to an aromatic ring is 1. The number of benzene rings is 2. The molecule has 2 aromatic carbocycles. The van der Waals surface area contributed by atoms with Crippen molar-refractivity contribution in [1.82, 2.24) is 0 Å². The van der Waals surface area contributed by atoms with Crippen LogP contribution in [0.3, 0.4) is 0 Å². The molecule has 0 aliphatic carbocycles. The minimum Gasteiger partial charge on any atom is -0.454 e. The van der Waals surface area contributed by atoms with E-state index in [4.69, 9.17) is 22.1 Å². The Morgan fingerprint density at radius 2 is 1.78 bits per heavy atom. The largest absolute Gasteiger partial charge is 0.454 e. The summed E-state index contributed by atoms with van der Waals surface area (Å²) >= 11 is 5.92. The van der Waals surface area contributed by atoms with E-state index in [-0.39, 0.29) is 11.3 Å². The van der Waals surface area contributed by atoms with Gasteiger partial charge < -0.3 is 10.5 Å². The van der Waals surface area contributed by atoms with Crippen molar-refractivity contribution in [2.45, 2.75) is 6.43 Å². The summed E-state index contributed by atoms with van der Waals surface area (Å²) in [4.78, 5) is 0. The van der Waals surface area contributed by atoms with Gasteiger partial charge in [0.15, 0.2) is 0 Å². The summed E-state index contributed by atoms with van der Waals surface area (Å²) in [6, 6.07) is 10.7. The molecule has 0 amide bonds. The lowest BCUT2D eigenvalue weighted by molar-refractivity contribution is 0.151. The lowest BCUT2D eigenvalue weighted by Gasteiger charge is -2.10. The fourth-order valence-corrected chi connectivity index (χ4v) is 1.62. The summed E-state index contributed by atoms with van der Waals surface area (Å²) in [5.41, 5.74) is 5.66. The predicted octanol–water partition coefficient (Wildman–Crippen LogP) is 4.65. The Hall–Kier alpha value is -1.81. The van der Waals surface area contributed by atoms with Gasteiger partial charge in [-0.2, -0.15) is 0 Å². The van der Waals surface area contributed by atoms with Crippen molar-refractivity contribution >= 4 is 17.3 Å². The van der Waals surface area contributed by atoms with Crippen molar-refractivity contribution in [3.63, 3.8) is 0 Å². The Balaban J connectivity index is 2.28. The number of halogens is 3. The quantitative estimate of drug-likeness (QED) is 0.823. The first-order valence-electron chi connectivity index (χ1n) is 5.18. The Labute approximate surface area is 108 Å². The average molecular weight is 270 g/mol. The number of hydrogen-bond acceptors (Lipinski definition) is 2. The van der Waals surface area contributed by atoms with Gasteiger partial charge in [0.05, 0.1) is 10.7 Å². The van der Waals surface area contributed by atoms with E-state index in [1.807, 2.05) is 0 Å². The molecule has 0 saturated carbocycles. The predicted molar refractivity (Wildman–Crippen MR) is 67.3 cm³/mol. The molecule has 0 spiro atoms. The molecular formula is C13H10ClF2NO. The van der Waals surface area contributed by atoms with E-state index in [1.165, 1.54) is 18.2 Å². The van der Waals surface area contributed by atoms with Crippen molar-refractivity contribution in [3.8, 4) is 11.5 Å². The minimum atomic E-state index is -2.55. The Kier molecular flexibility index (Phi) is 3.67. The summed E-state index contributed by atoms with van der Waals surface area (Å²) in [5.74, 6) is 0.725. The third-order valence-electron chi connectivity index (χ3n) is 2.34.